The molecule has 0 saturated carbocycles. The number of allylic oxidation sites excluding steroid dienone is 2. The molecule has 1 N–H and O–H groups in total. The number of carbonyl (C=O) groups excluding carboxylic acids is 2. The van der Waals surface area contributed by atoms with Crippen LogP contribution >= 0.6 is 0 Å². The molecule has 0 bridgehead atoms. The number of ether oxygens (including phenoxy) is 2. The van der Waals surface area contributed by atoms with Crippen LogP contribution in [-0.2, 0) is 19.1 Å². The molecule has 1 aliphatic heterocycles. The normalized spacial score (nSPS) is 13.9. The van der Waals surface area contributed by atoms with Crippen molar-refractivity contribution in [3.63, 3.8) is 0 Å². The number of esters is 2. The van der Waals surface area contributed by atoms with Crippen molar-refractivity contribution in [1.29, 1.82) is 0 Å². The van der Waals surface area contributed by atoms with E-state index in [1.54, 1.807) is 38.1 Å². The van der Waals surface area contributed by atoms with Gasteiger partial charge in [-0.3, -0.25) is 4.79 Å². The molecule has 0 atom stereocenters. The van der Waals surface area contributed by atoms with Crippen LogP contribution in [0.4, 0.5) is 0 Å². The molecule has 0 amide bonds. The zero-order valence-corrected chi connectivity index (χ0v) is 19.9. The highest BCUT2D eigenvalue weighted by Gasteiger charge is 2.37. The fraction of sp³-hybridized carbons (Fsp3) is 0.179. The number of hydrogen-bond acceptors (Lipinski definition) is 7. The summed E-state index contributed by atoms with van der Waals surface area (Å²) >= 11 is 0. The molecular weight excluding hydrogens is 446 g/mol. The van der Waals surface area contributed by atoms with E-state index >= 15 is 0 Å². The summed E-state index contributed by atoms with van der Waals surface area (Å²) in [5.74, 6) is -0.895. The van der Waals surface area contributed by atoms with Gasteiger partial charge in [0.25, 0.3) is 0 Å². The van der Waals surface area contributed by atoms with Gasteiger partial charge in [-0.2, -0.15) is 0 Å². The molecule has 7 nitrogen and oxygen atoms in total. The molecule has 7 heteroatoms. The number of benzene rings is 2. The highest BCUT2D eigenvalue weighted by Crippen LogP contribution is 2.39. The first-order valence-corrected chi connectivity index (χ1v) is 11.0. The van der Waals surface area contributed by atoms with E-state index in [0.29, 0.717) is 45.2 Å². The minimum atomic E-state index is -0.687. The first kappa shape index (κ1) is 23.8. The predicted molar refractivity (Wildman–Crippen MR) is 131 cm³/mol. The fourth-order valence-corrected chi connectivity index (χ4v) is 4.29. The second-order valence-electron chi connectivity index (χ2n) is 8.13. The smallest absolute Gasteiger partial charge is 0.336 e. The van der Waals surface area contributed by atoms with Gasteiger partial charge in [0.05, 0.1) is 31.3 Å². The van der Waals surface area contributed by atoms with E-state index in [2.05, 4.69) is 5.32 Å². The minimum absolute atomic E-state index is 0.175. The third-order valence-electron chi connectivity index (χ3n) is 5.92. The molecule has 0 radical (unpaired) electrons. The molecule has 2 heterocycles. The Balaban J connectivity index is 1.78. The summed E-state index contributed by atoms with van der Waals surface area (Å²) in [7, 11) is 2.60. The summed E-state index contributed by atoms with van der Waals surface area (Å²) < 4.78 is 16.0. The molecule has 2 aromatic carbocycles. The first-order chi connectivity index (χ1) is 16.8. The van der Waals surface area contributed by atoms with Crippen LogP contribution in [0.15, 0.2) is 98.5 Å². The molecule has 4 rings (SSSR count). The number of carbonyl (C=O) groups is 2. The maximum absolute atomic E-state index is 12.7. The number of rotatable bonds is 5. The molecule has 0 aliphatic carbocycles. The van der Waals surface area contributed by atoms with Gasteiger partial charge < -0.3 is 19.2 Å². The molecule has 0 saturated heterocycles. The second-order valence-corrected chi connectivity index (χ2v) is 8.13. The van der Waals surface area contributed by atoms with E-state index in [1.165, 1.54) is 26.4 Å². The van der Waals surface area contributed by atoms with Crippen LogP contribution in [0.2, 0.25) is 0 Å². The van der Waals surface area contributed by atoms with Crippen LogP contribution in [0.5, 0.6) is 0 Å². The van der Waals surface area contributed by atoms with E-state index in [4.69, 9.17) is 13.9 Å². The van der Waals surface area contributed by atoms with Crippen LogP contribution in [0.1, 0.15) is 25.3 Å². The van der Waals surface area contributed by atoms with Crippen molar-refractivity contribution in [2.75, 3.05) is 14.2 Å². The summed E-state index contributed by atoms with van der Waals surface area (Å²) in [4.78, 5) is 37.7. The Kier molecular flexibility index (Phi) is 6.68. The Bertz CT molecular complexity index is 1360. The summed E-state index contributed by atoms with van der Waals surface area (Å²) in [5, 5.41) is 3.08. The Morgan fingerprint density at radius 2 is 1.26 bits per heavy atom. The zero-order chi connectivity index (χ0) is 25.1. The third-order valence-corrected chi connectivity index (χ3v) is 5.92. The SMILES string of the molecule is COC(=O)C1=C(C)NC(C)=C(C(=O)OC)C1c1ccc(-c2cc(=O)cc(-c3ccccc3)o2)cc1. The maximum atomic E-state index is 12.7. The van der Waals surface area contributed by atoms with Crippen LogP contribution in [0, 0.1) is 0 Å². The Morgan fingerprint density at radius 3 is 1.74 bits per heavy atom. The van der Waals surface area contributed by atoms with E-state index in [0.717, 1.165) is 5.56 Å². The van der Waals surface area contributed by atoms with Gasteiger partial charge in [0.15, 0.2) is 5.43 Å². The lowest BCUT2D eigenvalue weighted by Gasteiger charge is -2.30. The van der Waals surface area contributed by atoms with Gasteiger partial charge in [-0.1, -0.05) is 54.6 Å². The topological polar surface area (TPSA) is 94.8 Å². The summed E-state index contributed by atoms with van der Waals surface area (Å²) in [6, 6.07) is 19.4. The molecule has 178 valence electrons. The van der Waals surface area contributed by atoms with Crippen LogP contribution in [-0.4, -0.2) is 26.2 Å². The summed E-state index contributed by atoms with van der Waals surface area (Å²) in [6.45, 7) is 3.52. The van der Waals surface area contributed by atoms with E-state index in [9.17, 15) is 14.4 Å². The quantitative estimate of drug-likeness (QED) is 0.545. The van der Waals surface area contributed by atoms with Crippen LogP contribution in [0.3, 0.4) is 0 Å². The Morgan fingerprint density at radius 1 is 0.771 bits per heavy atom. The monoisotopic (exact) mass is 471 g/mol. The van der Waals surface area contributed by atoms with Gasteiger partial charge >= 0.3 is 11.9 Å². The number of nitrogens with one attached hydrogen (secondary N) is 1. The molecule has 0 spiro atoms. The highest BCUT2D eigenvalue weighted by molar-refractivity contribution is 5.99. The maximum Gasteiger partial charge on any atom is 0.336 e. The number of methoxy groups -OCH3 is 2. The molecule has 3 aromatic rings. The standard InChI is InChI=1S/C28H25NO6/c1-16-24(27(31)33-3)26(25(17(2)29-16)28(32)34-4)20-12-10-19(11-13-20)23-15-21(30)14-22(35-23)18-8-6-5-7-9-18/h5-15,26,29H,1-4H3. The molecule has 0 unspecified atom stereocenters. The second kappa shape index (κ2) is 9.85. The minimum Gasteiger partial charge on any atom is -0.466 e. The van der Waals surface area contributed by atoms with E-state index < -0.39 is 17.9 Å². The van der Waals surface area contributed by atoms with Gasteiger partial charge in [0.2, 0.25) is 0 Å². The van der Waals surface area contributed by atoms with Crippen molar-refractivity contribution in [3.8, 4) is 22.6 Å². The van der Waals surface area contributed by atoms with E-state index in [-0.39, 0.29) is 5.43 Å². The van der Waals surface area contributed by atoms with Gasteiger partial charge in [0, 0.05) is 34.7 Å². The van der Waals surface area contributed by atoms with E-state index in [1.807, 2.05) is 30.3 Å². The van der Waals surface area contributed by atoms with Crippen LogP contribution < -0.4 is 10.7 Å². The average Bonchev–Trinajstić information content (AvgIpc) is 2.87. The van der Waals surface area contributed by atoms with Crippen molar-refractivity contribution >= 4 is 11.9 Å². The lowest BCUT2D eigenvalue weighted by Crippen LogP contribution is -2.32. The Labute approximate surface area is 202 Å². The fourth-order valence-electron chi connectivity index (χ4n) is 4.29. The molecule has 1 aliphatic rings. The predicted octanol–water partition coefficient (Wildman–Crippen LogP) is 4.55. The van der Waals surface area contributed by atoms with Crippen molar-refractivity contribution in [2.24, 2.45) is 0 Å². The van der Waals surface area contributed by atoms with Crippen molar-refractivity contribution < 1.29 is 23.5 Å². The van der Waals surface area contributed by atoms with Crippen molar-refractivity contribution in [1.82, 2.24) is 5.32 Å². The van der Waals surface area contributed by atoms with Crippen molar-refractivity contribution in [2.45, 2.75) is 19.8 Å². The van der Waals surface area contributed by atoms with Gasteiger partial charge in [-0.25, -0.2) is 9.59 Å². The number of hydrogen-bond donors (Lipinski definition) is 1. The molecule has 1 aromatic heterocycles. The summed E-state index contributed by atoms with van der Waals surface area (Å²) in [6.07, 6.45) is 0. The zero-order valence-electron chi connectivity index (χ0n) is 19.9. The third kappa shape index (κ3) is 4.66. The first-order valence-electron chi connectivity index (χ1n) is 11.0. The largest absolute Gasteiger partial charge is 0.466 e. The molecule has 0 fully saturated rings. The average molecular weight is 472 g/mol. The molecule has 35 heavy (non-hydrogen) atoms. The summed E-state index contributed by atoms with van der Waals surface area (Å²) in [5.41, 5.74) is 3.83. The van der Waals surface area contributed by atoms with Crippen molar-refractivity contribution in [3.05, 3.63) is 105 Å². The Hall–Kier alpha value is -4.39. The lowest BCUT2D eigenvalue weighted by molar-refractivity contribution is -0.137. The lowest BCUT2D eigenvalue weighted by atomic mass is 9.80. The number of dihydropyridines is 1. The highest BCUT2D eigenvalue weighted by atomic mass is 16.5. The van der Waals surface area contributed by atoms with Crippen LogP contribution in [0.25, 0.3) is 22.6 Å². The van der Waals surface area contributed by atoms with Gasteiger partial charge in [0.1, 0.15) is 11.5 Å². The molecular formula is C28H25NO6. The van der Waals surface area contributed by atoms with Gasteiger partial charge in [-0.05, 0) is 19.4 Å². The van der Waals surface area contributed by atoms with Gasteiger partial charge in [-0.15, -0.1) is 0 Å².